The average Bonchev–Trinajstić information content (AvgIpc) is 3.23. The Hall–Kier alpha value is -3.20. The highest BCUT2D eigenvalue weighted by molar-refractivity contribution is 7.14. The molecule has 2 aliphatic rings. The lowest BCUT2D eigenvalue weighted by atomic mass is 9.84. The molecule has 162 valence electrons. The van der Waals surface area contributed by atoms with Crippen molar-refractivity contribution in [2.24, 2.45) is 0 Å². The lowest BCUT2D eigenvalue weighted by Gasteiger charge is -2.27. The number of carbonyl (C=O) groups excluding carboxylic acids is 4. The van der Waals surface area contributed by atoms with E-state index in [1.165, 1.54) is 11.3 Å². The molecule has 1 saturated heterocycles. The highest BCUT2D eigenvalue weighted by Gasteiger charge is 2.53. The maximum Gasteiger partial charge on any atom is 0.341 e. The summed E-state index contributed by atoms with van der Waals surface area (Å²) in [5.41, 5.74) is 0.949. The van der Waals surface area contributed by atoms with Crippen LogP contribution in [0.3, 0.4) is 0 Å². The molecule has 1 aliphatic carbocycles. The molecule has 8 nitrogen and oxygen atoms in total. The van der Waals surface area contributed by atoms with E-state index in [1.807, 2.05) is 24.3 Å². The zero-order valence-corrected chi connectivity index (χ0v) is 17.9. The van der Waals surface area contributed by atoms with E-state index in [9.17, 15) is 19.2 Å². The zero-order chi connectivity index (χ0) is 22.0. The van der Waals surface area contributed by atoms with Gasteiger partial charge in [0.1, 0.15) is 17.1 Å². The Morgan fingerprint density at radius 2 is 2.03 bits per heavy atom. The number of anilines is 1. The molecule has 31 heavy (non-hydrogen) atoms. The van der Waals surface area contributed by atoms with Crippen LogP contribution in [0, 0.1) is 0 Å². The highest BCUT2D eigenvalue weighted by Crippen LogP contribution is 2.39. The van der Waals surface area contributed by atoms with Crippen LogP contribution < -0.4 is 10.6 Å². The summed E-state index contributed by atoms with van der Waals surface area (Å²) in [5, 5.41) is 7.47. The molecule has 0 bridgehead atoms. The maximum atomic E-state index is 13.4. The lowest BCUT2D eigenvalue weighted by molar-refractivity contribution is -0.134. The number of hydrogen-bond acceptors (Lipinski definition) is 6. The standard InChI is InChI=1S/C22H23N3O5S/c1-2-30-19(27)15-10-12-31-18(15)23-17(26)13-25-20(28)22(24-21(25)29)11-6-5-8-14-7-3-4-9-16(14)22/h3-4,7,9-10,12H,2,5-6,8,11,13H2,1H3,(H,23,26)(H,24,29)/t22-/m1/s1. The van der Waals surface area contributed by atoms with Gasteiger partial charge in [-0.25, -0.2) is 9.59 Å². The molecule has 4 amide bonds. The number of ether oxygens (including phenoxy) is 1. The summed E-state index contributed by atoms with van der Waals surface area (Å²) >= 11 is 1.17. The Kier molecular flexibility index (Phi) is 5.77. The second kappa shape index (κ2) is 8.50. The number of urea groups is 1. The molecular formula is C22H23N3O5S. The van der Waals surface area contributed by atoms with Crippen molar-refractivity contribution in [3.63, 3.8) is 0 Å². The molecular weight excluding hydrogens is 418 g/mol. The summed E-state index contributed by atoms with van der Waals surface area (Å²) in [6.45, 7) is 1.48. The average molecular weight is 442 g/mol. The summed E-state index contributed by atoms with van der Waals surface area (Å²) in [7, 11) is 0. The van der Waals surface area contributed by atoms with Gasteiger partial charge in [-0.1, -0.05) is 24.3 Å². The molecule has 9 heteroatoms. The highest BCUT2D eigenvalue weighted by atomic mass is 32.1. The third-order valence-corrected chi connectivity index (χ3v) is 6.45. The van der Waals surface area contributed by atoms with E-state index in [-0.39, 0.29) is 12.2 Å². The topological polar surface area (TPSA) is 105 Å². The summed E-state index contributed by atoms with van der Waals surface area (Å²) in [4.78, 5) is 51.7. The lowest BCUT2D eigenvalue weighted by Crippen LogP contribution is -2.44. The van der Waals surface area contributed by atoms with Crippen LogP contribution >= 0.6 is 11.3 Å². The minimum atomic E-state index is -1.14. The predicted molar refractivity (Wildman–Crippen MR) is 115 cm³/mol. The summed E-state index contributed by atoms with van der Waals surface area (Å²) in [5.74, 6) is -1.52. The van der Waals surface area contributed by atoms with Crippen LogP contribution in [0.25, 0.3) is 0 Å². The number of rotatable bonds is 5. The molecule has 0 radical (unpaired) electrons. The largest absolute Gasteiger partial charge is 0.462 e. The van der Waals surface area contributed by atoms with Crippen molar-refractivity contribution in [1.29, 1.82) is 0 Å². The number of aryl methyl sites for hydroxylation is 1. The molecule has 2 aromatic rings. The van der Waals surface area contributed by atoms with Gasteiger partial charge in [0.15, 0.2) is 0 Å². The van der Waals surface area contributed by atoms with Crippen molar-refractivity contribution in [3.8, 4) is 0 Å². The number of thiophene rings is 1. The first kappa shape index (κ1) is 21.0. The first-order valence-electron chi connectivity index (χ1n) is 10.2. The molecule has 4 rings (SSSR count). The minimum absolute atomic E-state index is 0.216. The van der Waals surface area contributed by atoms with Crippen molar-refractivity contribution in [1.82, 2.24) is 10.2 Å². The van der Waals surface area contributed by atoms with E-state index < -0.39 is 35.9 Å². The van der Waals surface area contributed by atoms with E-state index in [2.05, 4.69) is 10.6 Å². The minimum Gasteiger partial charge on any atom is -0.462 e. The van der Waals surface area contributed by atoms with E-state index in [0.717, 1.165) is 35.3 Å². The third-order valence-electron chi connectivity index (χ3n) is 5.62. The van der Waals surface area contributed by atoms with Gasteiger partial charge in [-0.2, -0.15) is 0 Å². The number of benzene rings is 1. The predicted octanol–water partition coefficient (Wildman–Crippen LogP) is 3.04. The molecule has 2 heterocycles. The Morgan fingerprint density at radius 1 is 1.23 bits per heavy atom. The second-order valence-corrected chi connectivity index (χ2v) is 8.44. The number of carbonyl (C=O) groups is 4. The number of amides is 4. The van der Waals surface area contributed by atoms with Crippen LogP contribution in [-0.4, -0.2) is 41.9 Å². The number of nitrogens with one attached hydrogen (secondary N) is 2. The first-order valence-corrected chi connectivity index (χ1v) is 11.1. The molecule has 1 aliphatic heterocycles. The molecule has 1 spiro atoms. The van der Waals surface area contributed by atoms with Gasteiger partial charge < -0.3 is 15.4 Å². The molecule has 1 aromatic carbocycles. The van der Waals surface area contributed by atoms with Crippen molar-refractivity contribution in [2.45, 2.75) is 38.1 Å². The number of imide groups is 1. The maximum absolute atomic E-state index is 13.4. The SMILES string of the molecule is CCOC(=O)c1ccsc1NC(=O)CN1C(=O)N[C@@]2(CCCCc3ccccc32)C1=O. The van der Waals surface area contributed by atoms with Gasteiger partial charge in [0.05, 0.1) is 12.2 Å². The number of fused-ring (bicyclic) bond motifs is 2. The van der Waals surface area contributed by atoms with E-state index in [1.54, 1.807) is 18.4 Å². The van der Waals surface area contributed by atoms with Crippen molar-refractivity contribution >= 4 is 40.2 Å². The Morgan fingerprint density at radius 3 is 2.84 bits per heavy atom. The van der Waals surface area contributed by atoms with Gasteiger partial charge >= 0.3 is 12.0 Å². The van der Waals surface area contributed by atoms with Gasteiger partial charge in [-0.15, -0.1) is 11.3 Å². The molecule has 0 saturated carbocycles. The molecule has 2 N–H and O–H groups in total. The van der Waals surface area contributed by atoms with Gasteiger partial charge in [-0.05, 0) is 55.2 Å². The van der Waals surface area contributed by atoms with Crippen molar-refractivity contribution in [2.75, 3.05) is 18.5 Å². The first-order chi connectivity index (χ1) is 15.0. The Bertz CT molecular complexity index is 1050. The number of nitrogens with zero attached hydrogens (tertiary/aromatic N) is 1. The van der Waals surface area contributed by atoms with Gasteiger partial charge in [0.25, 0.3) is 5.91 Å². The molecule has 0 unspecified atom stereocenters. The normalized spacial score (nSPS) is 20.2. The fraction of sp³-hybridized carbons (Fsp3) is 0.364. The van der Waals surface area contributed by atoms with Crippen LogP contribution in [0.1, 0.15) is 47.7 Å². The Balaban J connectivity index is 1.53. The second-order valence-electron chi connectivity index (χ2n) is 7.52. The molecule has 1 aromatic heterocycles. The van der Waals surface area contributed by atoms with E-state index in [4.69, 9.17) is 4.74 Å². The van der Waals surface area contributed by atoms with Crippen LogP contribution in [0.5, 0.6) is 0 Å². The fourth-order valence-electron chi connectivity index (χ4n) is 4.20. The zero-order valence-electron chi connectivity index (χ0n) is 17.1. The fourth-order valence-corrected chi connectivity index (χ4v) is 4.99. The van der Waals surface area contributed by atoms with E-state index >= 15 is 0 Å². The smallest absolute Gasteiger partial charge is 0.341 e. The van der Waals surface area contributed by atoms with Gasteiger partial charge in [0, 0.05) is 0 Å². The number of hydrogen-bond donors (Lipinski definition) is 2. The summed E-state index contributed by atoms with van der Waals surface area (Å²) in [6, 6.07) is 8.60. The Labute approximate surface area is 183 Å². The quantitative estimate of drug-likeness (QED) is 0.548. The van der Waals surface area contributed by atoms with Gasteiger partial charge in [-0.3, -0.25) is 14.5 Å². The molecule has 1 fully saturated rings. The summed E-state index contributed by atoms with van der Waals surface area (Å²) < 4.78 is 4.98. The third kappa shape index (κ3) is 3.81. The van der Waals surface area contributed by atoms with Crippen LogP contribution in [0.2, 0.25) is 0 Å². The van der Waals surface area contributed by atoms with Gasteiger partial charge in [0.2, 0.25) is 5.91 Å². The van der Waals surface area contributed by atoms with Crippen molar-refractivity contribution < 1.29 is 23.9 Å². The van der Waals surface area contributed by atoms with Crippen LogP contribution in [0.4, 0.5) is 9.80 Å². The monoisotopic (exact) mass is 441 g/mol. The molecule has 1 atom stereocenters. The van der Waals surface area contributed by atoms with Crippen LogP contribution in [0.15, 0.2) is 35.7 Å². The van der Waals surface area contributed by atoms with Crippen molar-refractivity contribution in [3.05, 3.63) is 52.4 Å². The summed E-state index contributed by atoms with van der Waals surface area (Å²) in [6.07, 6.45) is 3.05. The van der Waals surface area contributed by atoms with Crippen LogP contribution in [-0.2, 0) is 26.3 Å². The van der Waals surface area contributed by atoms with E-state index in [0.29, 0.717) is 11.4 Å². The number of esters is 1.